The molecule has 2 heterocycles. The predicted molar refractivity (Wildman–Crippen MR) is 86.1 cm³/mol. The minimum atomic E-state index is 0.339. The van der Waals surface area contributed by atoms with Gasteiger partial charge in [-0.2, -0.15) is 0 Å². The van der Waals surface area contributed by atoms with Crippen LogP contribution in [-0.4, -0.2) is 15.4 Å². The van der Waals surface area contributed by atoms with E-state index in [-0.39, 0.29) is 0 Å². The van der Waals surface area contributed by atoms with Crippen LogP contribution >= 0.6 is 0 Å². The van der Waals surface area contributed by atoms with Gasteiger partial charge in [0.15, 0.2) is 0 Å². The van der Waals surface area contributed by atoms with E-state index in [0.29, 0.717) is 17.5 Å². The third kappa shape index (κ3) is 2.98. The minimum absolute atomic E-state index is 0.339. The Morgan fingerprint density at radius 1 is 1.00 bits per heavy atom. The predicted octanol–water partition coefficient (Wildman–Crippen LogP) is 4.68. The summed E-state index contributed by atoms with van der Waals surface area (Å²) in [6.45, 7) is 11.5. The SMILES string of the molecule is C=Cc1ccc(-c2nnc(-c3onc(C)c3C)o2)cc1.CC. The molecule has 0 atom stereocenters. The van der Waals surface area contributed by atoms with Crippen LogP contribution in [0.2, 0.25) is 0 Å². The highest BCUT2D eigenvalue weighted by molar-refractivity contribution is 5.59. The van der Waals surface area contributed by atoms with Crippen molar-refractivity contribution in [1.29, 1.82) is 0 Å². The summed E-state index contributed by atoms with van der Waals surface area (Å²) in [5.74, 6) is 1.30. The molecule has 5 heteroatoms. The lowest BCUT2D eigenvalue weighted by Gasteiger charge is -1.95. The van der Waals surface area contributed by atoms with Gasteiger partial charge in [0, 0.05) is 11.1 Å². The molecule has 0 aliphatic rings. The van der Waals surface area contributed by atoms with Crippen LogP contribution in [0.1, 0.15) is 30.7 Å². The van der Waals surface area contributed by atoms with Crippen LogP contribution in [0.3, 0.4) is 0 Å². The average molecular weight is 297 g/mol. The van der Waals surface area contributed by atoms with Crippen molar-refractivity contribution >= 4 is 6.08 Å². The van der Waals surface area contributed by atoms with Crippen LogP contribution in [-0.2, 0) is 0 Å². The standard InChI is InChI=1S/C15H13N3O2.C2H6/c1-4-11-5-7-12(8-6-11)14-16-17-15(19-14)13-9(2)10(3)18-20-13;1-2/h4-8H,1H2,2-3H3;1-2H3. The summed E-state index contributed by atoms with van der Waals surface area (Å²) < 4.78 is 10.8. The van der Waals surface area contributed by atoms with Crippen molar-refractivity contribution in [2.45, 2.75) is 27.7 Å². The molecular weight excluding hydrogens is 278 g/mol. The van der Waals surface area contributed by atoms with Gasteiger partial charge in [-0.1, -0.05) is 43.8 Å². The monoisotopic (exact) mass is 297 g/mol. The normalized spacial score (nSPS) is 10.0. The van der Waals surface area contributed by atoms with Gasteiger partial charge < -0.3 is 8.94 Å². The summed E-state index contributed by atoms with van der Waals surface area (Å²) in [5, 5.41) is 11.9. The third-order valence-electron chi connectivity index (χ3n) is 3.17. The van der Waals surface area contributed by atoms with Crippen LogP contribution in [0.4, 0.5) is 0 Å². The molecule has 0 radical (unpaired) electrons. The molecule has 0 aliphatic heterocycles. The third-order valence-corrected chi connectivity index (χ3v) is 3.17. The minimum Gasteiger partial charge on any atom is -0.413 e. The summed E-state index contributed by atoms with van der Waals surface area (Å²) in [6, 6.07) is 7.70. The molecule has 22 heavy (non-hydrogen) atoms. The van der Waals surface area contributed by atoms with Crippen LogP contribution in [0, 0.1) is 13.8 Å². The maximum Gasteiger partial charge on any atom is 0.287 e. The molecule has 0 saturated heterocycles. The lowest BCUT2D eigenvalue weighted by Crippen LogP contribution is -1.79. The van der Waals surface area contributed by atoms with Crippen LogP contribution in [0.25, 0.3) is 29.2 Å². The fourth-order valence-electron chi connectivity index (χ4n) is 1.81. The van der Waals surface area contributed by atoms with Crippen LogP contribution in [0.5, 0.6) is 0 Å². The van der Waals surface area contributed by atoms with Gasteiger partial charge in [0.05, 0.1) is 5.69 Å². The molecular formula is C17H19N3O2. The first-order valence-electron chi connectivity index (χ1n) is 7.18. The van der Waals surface area contributed by atoms with E-state index >= 15 is 0 Å². The zero-order chi connectivity index (χ0) is 16.1. The van der Waals surface area contributed by atoms with E-state index in [1.807, 2.05) is 52.0 Å². The van der Waals surface area contributed by atoms with E-state index in [2.05, 4.69) is 21.9 Å². The Bertz CT molecular complexity index is 755. The quantitative estimate of drug-likeness (QED) is 0.702. The Balaban J connectivity index is 0.000000847. The summed E-state index contributed by atoms with van der Waals surface area (Å²) in [4.78, 5) is 0. The molecule has 0 spiro atoms. The Morgan fingerprint density at radius 2 is 1.64 bits per heavy atom. The molecule has 2 aromatic heterocycles. The number of hydrogen-bond acceptors (Lipinski definition) is 5. The van der Waals surface area contributed by atoms with E-state index in [4.69, 9.17) is 8.94 Å². The van der Waals surface area contributed by atoms with Gasteiger partial charge in [0.2, 0.25) is 11.7 Å². The van der Waals surface area contributed by atoms with Gasteiger partial charge in [-0.15, -0.1) is 10.2 Å². The molecule has 1 aromatic carbocycles. The number of nitrogens with zero attached hydrogens (tertiary/aromatic N) is 3. The molecule has 3 rings (SSSR count). The summed E-state index contributed by atoms with van der Waals surface area (Å²) >= 11 is 0. The van der Waals surface area contributed by atoms with Crippen molar-refractivity contribution in [3.05, 3.63) is 47.7 Å². The number of aryl methyl sites for hydroxylation is 1. The molecule has 0 aliphatic carbocycles. The Morgan fingerprint density at radius 3 is 2.18 bits per heavy atom. The highest BCUT2D eigenvalue weighted by Gasteiger charge is 2.18. The van der Waals surface area contributed by atoms with Crippen molar-refractivity contribution in [3.63, 3.8) is 0 Å². The largest absolute Gasteiger partial charge is 0.413 e. The van der Waals surface area contributed by atoms with E-state index in [0.717, 1.165) is 22.4 Å². The number of rotatable bonds is 3. The maximum atomic E-state index is 5.64. The maximum absolute atomic E-state index is 5.64. The molecule has 3 aromatic rings. The molecule has 114 valence electrons. The van der Waals surface area contributed by atoms with Crippen molar-refractivity contribution in [2.75, 3.05) is 0 Å². The van der Waals surface area contributed by atoms with E-state index in [9.17, 15) is 0 Å². The van der Waals surface area contributed by atoms with Crippen LogP contribution < -0.4 is 0 Å². The van der Waals surface area contributed by atoms with E-state index in [1.54, 1.807) is 6.08 Å². The molecule has 0 fully saturated rings. The number of benzene rings is 1. The summed E-state index contributed by atoms with van der Waals surface area (Å²) in [7, 11) is 0. The molecule has 0 unspecified atom stereocenters. The van der Waals surface area contributed by atoms with Gasteiger partial charge in [0.1, 0.15) is 0 Å². The summed E-state index contributed by atoms with van der Waals surface area (Å²) in [6.07, 6.45) is 1.78. The van der Waals surface area contributed by atoms with E-state index in [1.165, 1.54) is 0 Å². The lowest BCUT2D eigenvalue weighted by molar-refractivity contribution is 0.411. The topological polar surface area (TPSA) is 65.0 Å². The Hall–Kier alpha value is -2.69. The molecule has 0 bridgehead atoms. The van der Waals surface area contributed by atoms with Crippen molar-refractivity contribution < 1.29 is 8.94 Å². The fourth-order valence-corrected chi connectivity index (χ4v) is 1.81. The van der Waals surface area contributed by atoms with Gasteiger partial charge in [0.25, 0.3) is 5.89 Å². The second-order valence-electron chi connectivity index (χ2n) is 4.46. The number of aromatic nitrogens is 3. The Kier molecular flexibility index (Phi) is 4.88. The van der Waals surface area contributed by atoms with Gasteiger partial charge in [-0.05, 0) is 31.5 Å². The second kappa shape index (κ2) is 6.85. The number of hydrogen-bond donors (Lipinski definition) is 0. The van der Waals surface area contributed by atoms with Crippen molar-refractivity contribution in [2.24, 2.45) is 0 Å². The van der Waals surface area contributed by atoms with E-state index < -0.39 is 0 Å². The zero-order valence-corrected chi connectivity index (χ0v) is 13.3. The fraction of sp³-hybridized carbons (Fsp3) is 0.235. The first-order valence-corrected chi connectivity index (χ1v) is 7.18. The molecule has 0 amide bonds. The molecule has 0 N–H and O–H groups in total. The smallest absolute Gasteiger partial charge is 0.287 e. The first kappa shape index (κ1) is 15.7. The molecule has 0 saturated carbocycles. The first-order chi connectivity index (χ1) is 10.7. The van der Waals surface area contributed by atoms with Crippen LogP contribution in [0.15, 0.2) is 39.8 Å². The molecule has 5 nitrogen and oxygen atoms in total. The zero-order valence-electron chi connectivity index (χ0n) is 13.3. The average Bonchev–Trinajstić information content (AvgIpc) is 3.17. The lowest BCUT2D eigenvalue weighted by atomic mass is 10.1. The Labute approximate surface area is 129 Å². The second-order valence-corrected chi connectivity index (χ2v) is 4.46. The highest BCUT2D eigenvalue weighted by atomic mass is 16.5. The van der Waals surface area contributed by atoms with Gasteiger partial charge in [-0.25, -0.2) is 0 Å². The van der Waals surface area contributed by atoms with Gasteiger partial charge in [-0.3, -0.25) is 0 Å². The van der Waals surface area contributed by atoms with Gasteiger partial charge >= 0.3 is 0 Å². The highest BCUT2D eigenvalue weighted by Crippen LogP contribution is 2.27. The summed E-state index contributed by atoms with van der Waals surface area (Å²) in [5.41, 5.74) is 3.61. The van der Waals surface area contributed by atoms with Crippen molar-refractivity contribution in [1.82, 2.24) is 15.4 Å². The van der Waals surface area contributed by atoms with Crippen molar-refractivity contribution in [3.8, 4) is 23.1 Å².